The second-order valence-electron chi connectivity index (χ2n) is 4.11. The van der Waals surface area contributed by atoms with Gasteiger partial charge < -0.3 is 15.7 Å². The van der Waals surface area contributed by atoms with Gasteiger partial charge in [-0.1, -0.05) is 6.07 Å². The molecule has 1 fully saturated rings. The molecule has 0 spiro atoms. The molecule has 0 bridgehead atoms. The van der Waals surface area contributed by atoms with Gasteiger partial charge in [-0.3, -0.25) is 4.79 Å². The first-order chi connectivity index (χ1) is 7.68. The lowest BCUT2D eigenvalue weighted by Gasteiger charge is -2.13. The monoisotopic (exact) mass is 220 g/mol. The van der Waals surface area contributed by atoms with Crippen LogP contribution in [0.25, 0.3) is 0 Å². The van der Waals surface area contributed by atoms with Gasteiger partial charge >= 0.3 is 0 Å². The summed E-state index contributed by atoms with van der Waals surface area (Å²) in [6.45, 7) is 3.52. The van der Waals surface area contributed by atoms with E-state index in [0.29, 0.717) is 11.1 Å². The highest BCUT2D eigenvalue weighted by molar-refractivity contribution is 5.96. The molecule has 1 saturated heterocycles. The van der Waals surface area contributed by atoms with E-state index >= 15 is 0 Å². The largest absolute Gasteiger partial charge is 0.508 e. The Morgan fingerprint density at radius 2 is 2.38 bits per heavy atom. The van der Waals surface area contributed by atoms with E-state index in [1.807, 2.05) is 0 Å². The van der Waals surface area contributed by atoms with Gasteiger partial charge in [0.15, 0.2) is 0 Å². The lowest BCUT2D eigenvalue weighted by atomic mass is 10.1. The van der Waals surface area contributed by atoms with E-state index in [1.165, 1.54) is 0 Å². The smallest absolute Gasteiger partial charge is 0.251 e. The molecular weight excluding hydrogens is 204 g/mol. The van der Waals surface area contributed by atoms with Gasteiger partial charge in [-0.25, -0.2) is 0 Å². The van der Waals surface area contributed by atoms with E-state index in [1.54, 1.807) is 25.1 Å². The summed E-state index contributed by atoms with van der Waals surface area (Å²) in [6, 6.07) is 5.20. The number of hydrogen-bond acceptors (Lipinski definition) is 3. The van der Waals surface area contributed by atoms with Crippen LogP contribution in [0.15, 0.2) is 18.2 Å². The van der Waals surface area contributed by atoms with Gasteiger partial charge in [-0.05, 0) is 32.0 Å². The van der Waals surface area contributed by atoms with Crippen molar-refractivity contribution >= 4 is 5.91 Å². The summed E-state index contributed by atoms with van der Waals surface area (Å²) in [5.41, 5.74) is 1.18. The fraction of sp³-hybridized carbons (Fsp3) is 0.417. The van der Waals surface area contributed by atoms with Crippen LogP contribution in [0.4, 0.5) is 0 Å². The van der Waals surface area contributed by atoms with Crippen LogP contribution in [-0.4, -0.2) is 30.1 Å². The summed E-state index contributed by atoms with van der Waals surface area (Å²) in [5.74, 6) is 0.0549. The molecule has 86 valence electrons. The Kier molecular flexibility index (Phi) is 3.10. The van der Waals surface area contributed by atoms with E-state index in [2.05, 4.69) is 10.6 Å². The highest BCUT2D eigenvalue weighted by Crippen LogP contribution is 2.19. The molecule has 1 atom stereocenters. The van der Waals surface area contributed by atoms with Crippen molar-refractivity contribution in [2.24, 2.45) is 0 Å². The first-order valence-corrected chi connectivity index (χ1v) is 5.48. The van der Waals surface area contributed by atoms with E-state index in [0.717, 1.165) is 19.5 Å². The standard InChI is InChI=1S/C12H16N2O2/c1-8-10(3-2-4-11(8)15)12(16)14-9-5-6-13-7-9/h2-4,9,13,15H,5-7H2,1H3,(H,14,16)/t9-/m1/s1. The molecule has 1 aliphatic rings. The van der Waals surface area contributed by atoms with Crippen molar-refractivity contribution in [1.82, 2.24) is 10.6 Å². The fourth-order valence-electron chi connectivity index (χ4n) is 1.91. The van der Waals surface area contributed by atoms with Crippen LogP contribution in [0.3, 0.4) is 0 Å². The molecule has 1 aliphatic heterocycles. The summed E-state index contributed by atoms with van der Waals surface area (Å²) < 4.78 is 0. The van der Waals surface area contributed by atoms with E-state index in [4.69, 9.17) is 0 Å². The molecule has 16 heavy (non-hydrogen) atoms. The van der Waals surface area contributed by atoms with Crippen LogP contribution in [0, 0.1) is 6.92 Å². The first-order valence-electron chi connectivity index (χ1n) is 5.48. The van der Waals surface area contributed by atoms with Gasteiger partial charge in [0.1, 0.15) is 5.75 Å². The minimum Gasteiger partial charge on any atom is -0.508 e. The Morgan fingerprint density at radius 3 is 3.06 bits per heavy atom. The minimum atomic E-state index is -0.109. The van der Waals surface area contributed by atoms with Crippen molar-refractivity contribution in [3.63, 3.8) is 0 Å². The van der Waals surface area contributed by atoms with Crippen molar-refractivity contribution in [2.75, 3.05) is 13.1 Å². The van der Waals surface area contributed by atoms with Crippen LogP contribution < -0.4 is 10.6 Å². The minimum absolute atomic E-state index is 0.109. The topological polar surface area (TPSA) is 61.4 Å². The van der Waals surface area contributed by atoms with Crippen LogP contribution in [-0.2, 0) is 0 Å². The Balaban J connectivity index is 2.11. The Hall–Kier alpha value is -1.55. The number of rotatable bonds is 2. The molecule has 0 aromatic heterocycles. The summed E-state index contributed by atoms with van der Waals surface area (Å²) in [5, 5.41) is 15.7. The Bertz CT molecular complexity index is 398. The van der Waals surface area contributed by atoms with E-state index in [-0.39, 0.29) is 17.7 Å². The lowest BCUT2D eigenvalue weighted by Crippen LogP contribution is -2.36. The molecule has 1 heterocycles. The van der Waals surface area contributed by atoms with Crippen molar-refractivity contribution in [1.29, 1.82) is 0 Å². The summed E-state index contributed by atoms with van der Waals surface area (Å²) in [6.07, 6.45) is 0.962. The van der Waals surface area contributed by atoms with Crippen LogP contribution in [0.1, 0.15) is 22.3 Å². The van der Waals surface area contributed by atoms with Crippen LogP contribution in [0.5, 0.6) is 5.75 Å². The average molecular weight is 220 g/mol. The number of benzene rings is 1. The van der Waals surface area contributed by atoms with Crippen LogP contribution in [0.2, 0.25) is 0 Å². The molecular formula is C12H16N2O2. The summed E-state index contributed by atoms with van der Waals surface area (Å²) in [4.78, 5) is 11.9. The number of carbonyl (C=O) groups excluding carboxylic acids is 1. The average Bonchev–Trinajstić information content (AvgIpc) is 2.74. The van der Waals surface area contributed by atoms with Gasteiger partial charge in [0.25, 0.3) is 5.91 Å². The number of hydrogen-bond donors (Lipinski definition) is 3. The number of phenolic OH excluding ortho intramolecular Hbond substituents is 1. The van der Waals surface area contributed by atoms with Gasteiger partial charge in [0, 0.05) is 23.7 Å². The van der Waals surface area contributed by atoms with Gasteiger partial charge in [0.05, 0.1) is 0 Å². The number of aromatic hydroxyl groups is 1. The highest BCUT2D eigenvalue weighted by atomic mass is 16.3. The maximum absolute atomic E-state index is 11.9. The quantitative estimate of drug-likeness (QED) is 0.690. The molecule has 0 unspecified atom stereocenters. The third-order valence-corrected chi connectivity index (χ3v) is 2.95. The molecule has 0 radical (unpaired) electrons. The molecule has 0 aliphatic carbocycles. The van der Waals surface area contributed by atoms with Crippen LogP contribution >= 0.6 is 0 Å². The summed E-state index contributed by atoms with van der Waals surface area (Å²) in [7, 11) is 0. The second kappa shape index (κ2) is 4.53. The number of nitrogens with one attached hydrogen (secondary N) is 2. The highest BCUT2D eigenvalue weighted by Gasteiger charge is 2.18. The SMILES string of the molecule is Cc1c(O)cccc1C(=O)N[C@@H]1CCNC1. The molecule has 4 nitrogen and oxygen atoms in total. The zero-order valence-corrected chi connectivity index (χ0v) is 9.29. The summed E-state index contributed by atoms with van der Waals surface area (Å²) >= 11 is 0. The first kappa shape index (κ1) is 11.0. The number of amides is 1. The zero-order chi connectivity index (χ0) is 11.5. The zero-order valence-electron chi connectivity index (χ0n) is 9.29. The predicted octanol–water partition coefficient (Wildman–Crippen LogP) is 0.792. The Morgan fingerprint density at radius 1 is 1.56 bits per heavy atom. The number of carbonyl (C=O) groups is 1. The Labute approximate surface area is 94.7 Å². The second-order valence-corrected chi connectivity index (χ2v) is 4.11. The van der Waals surface area contributed by atoms with Crippen molar-refractivity contribution in [3.05, 3.63) is 29.3 Å². The van der Waals surface area contributed by atoms with Gasteiger partial charge in [0.2, 0.25) is 0 Å². The lowest BCUT2D eigenvalue weighted by molar-refractivity contribution is 0.0939. The maximum Gasteiger partial charge on any atom is 0.251 e. The molecule has 1 amide bonds. The maximum atomic E-state index is 11.9. The fourth-order valence-corrected chi connectivity index (χ4v) is 1.91. The third kappa shape index (κ3) is 2.17. The van der Waals surface area contributed by atoms with Crippen molar-refractivity contribution in [3.8, 4) is 5.75 Å². The molecule has 1 aromatic carbocycles. The van der Waals surface area contributed by atoms with Crippen molar-refractivity contribution < 1.29 is 9.90 Å². The molecule has 4 heteroatoms. The molecule has 2 rings (SSSR count). The molecule has 0 saturated carbocycles. The normalized spacial score (nSPS) is 19.7. The van der Waals surface area contributed by atoms with E-state index < -0.39 is 0 Å². The third-order valence-electron chi connectivity index (χ3n) is 2.95. The van der Waals surface area contributed by atoms with Crippen molar-refractivity contribution in [2.45, 2.75) is 19.4 Å². The molecule has 1 aromatic rings. The van der Waals surface area contributed by atoms with Gasteiger partial charge in [-0.15, -0.1) is 0 Å². The van der Waals surface area contributed by atoms with E-state index in [9.17, 15) is 9.90 Å². The van der Waals surface area contributed by atoms with Gasteiger partial charge in [-0.2, -0.15) is 0 Å². The molecule has 3 N–H and O–H groups in total. The predicted molar refractivity (Wildman–Crippen MR) is 61.6 cm³/mol. The number of phenols is 1.